The summed E-state index contributed by atoms with van der Waals surface area (Å²) in [6.45, 7) is 7.29. The van der Waals surface area contributed by atoms with Crippen molar-refractivity contribution in [1.82, 2.24) is 24.9 Å². The van der Waals surface area contributed by atoms with Crippen LogP contribution >= 0.6 is 0 Å². The Bertz CT molecular complexity index is 1360. The van der Waals surface area contributed by atoms with Gasteiger partial charge in [-0.25, -0.2) is 9.36 Å². The second-order valence-electron chi connectivity index (χ2n) is 8.26. The van der Waals surface area contributed by atoms with Crippen LogP contribution in [0.2, 0.25) is 0 Å². The molecule has 2 aromatic heterocycles. The largest absolute Gasteiger partial charge is 0.306 e. The van der Waals surface area contributed by atoms with E-state index in [0.29, 0.717) is 0 Å². The van der Waals surface area contributed by atoms with Gasteiger partial charge in [0, 0.05) is 41.6 Å². The van der Waals surface area contributed by atoms with E-state index in [0.717, 1.165) is 23.6 Å². The minimum atomic E-state index is 0.184. The Hall–Kier alpha value is -3.70. The third-order valence-corrected chi connectivity index (χ3v) is 6.20. The van der Waals surface area contributed by atoms with Gasteiger partial charge in [-0.3, -0.25) is 0 Å². The van der Waals surface area contributed by atoms with Crippen LogP contribution in [0.4, 0.5) is 0 Å². The van der Waals surface area contributed by atoms with Crippen molar-refractivity contribution in [2.45, 2.75) is 33.4 Å². The van der Waals surface area contributed by atoms with Gasteiger partial charge < -0.3 is 5.32 Å². The van der Waals surface area contributed by atoms with E-state index in [2.05, 4.69) is 96.5 Å². The summed E-state index contributed by atoms with van der Waals surface area (Å²) in [5.41, 5.74) is 7.10. The Labute approximate surface area is 188 Å². The molecule has 1 atom stereocenters. The summed E-state index contributed by atoms with van der Waals surface area (Å²) in [6.07, 6.45) is 5.75. The summed E-state index contributed by atoms with van der Waals surface area (Å²) in [7, 11) is 0. The van der Waals surface area contributed by atoms with Crippen LogP contribution < -0.4 is 5.32 Å². The predicted molar refractivity (Wildman–Crippen MR) is 129 cm³/mol. The molecule has 0 saturated heterocycles. The first kappa shape index (κ1) is 20.2. The van der Waals surface area contributed by atoms with E-state index in [4.69, 9.17) is 5.10 Å². The maximum absolute atomic E-state index is 4.74. The van der Waals surface area contributed by atoms with Gasteiger partial charge in [0.25, 0.3) is 0 Å². The molecule has 5 nitrogen and oxygen atoms in total. The maximum Gasteiger partial charge on any atom is 0.0727 e. The minimum Gasteiger partial charge on any atom is -0.306 e. The summed E-state index contributed by atoms with van der Waals surface area (Å²) in [4.78, 5) is 0. The zero-order valence-electron chi connectivity index (χ0n) is 18.7. The third kappa shape index (κ3) is 3.72. The molecular weight excluding hydrogens is 394 g/mol. The summed E-state index contributed by atoms with van der Waals surface area (Å²) in [6, 6.07) is 23.4. The number of rotatable bonds is 6. The Morgan fingerprint density at radius 2 is 1.78 bits per heavy atom. The second kappa shape index (κ2) is 8.44. The maximum atomic E-state index is 4.74. The van der Waals surface area contributed by atoms with Crippen molar-refractivity contribution in [2.75, 3.05) is 0 Å². The highest BCUT2D eigenvalue weighted by atomic mass is 15.3. The fraction of sp³-hybridized carbons (Fsp3) is 0.185. The van der Waals surface area contributed by atoms with Crippen LogP contribution in [0, 0.1) is 13.8 Å². The molecule has 0 bridgehead atoms. The van der Waals surface area contributed by atoms with E-state index in [1.807, 2.05) is 23.1 Å². The number of aryl methyl sites for hydroxylation is 1. The standard InChI is InChI=1S/C27H27N5/c1-19-16-24(31-15-7-14-29-31)13-12-23(19)17-28-20(2)26-18-30-32(21(26)3)27-11-6-9-22-8-4-5-10-25(22)27/h4-16,18,20,28H,17H2,1-3H3/t20-/m1/s1. The summed E-state index contributed by atoms with van der Waals surface area (Å²) in [5.74, 6) is 0. The predicted octanol–water partition coefficient (Wildman–Crippen LogP) is 5.68. The number of aromatic nitrogens is 4. The lowest BCUT2D eigenvalue weighted by Crippen LogP contribution is -2.19. The fourth-order valence-electron chi connectivity index (χ4n) is 4.30. The molecule has 160 valence electrons. The Kier molecular flexibility index (Phi) is 5.33. The van der Waals surface area contributed by atoms with Crippen LogP contribution in [0.15, 0.2) is 85.3 Å². The van der Waals surface area contributed by atoms with Gasteiger partial charge in [0.15, 0.2) is 0 Å². The van der Waals surface area contributed by atoms with E-state index < -0.39 is 0 Å². The second-order valence-corrected chi connectivity index (χ2v) is 8.26. The van der Waals surface area contributed by atoms with Crippen molar-refractivity contribution in [1.29, 1.82) is 0 Å². The van der Waals surface area contributed by atoms with Crippen molar-refractivity contribution in [3.05, 3.63) is 108 Å². The Morgan fingerprint density at radius 3 is 2.59 bits per heavy atom. The molecule has 5 aromatic rings. The van der Waals surface area contributed by atoms with Crippen LogP contribution in [0.5, 0.6) is 0 Å². The molecule has 0 aliphatic heterocycles. The molecule has 3 aromatic carbocycles. The molecule has 0 unspecified atom stereocenters. The molecule has 0 aliphatic rings. The van der Waals surface area contributed by atoms with Crippen LogP contribution in [0.1, 0.15) is 35.3 Å². The zero-order valence-corrected chi connectivity index (χ0v) is 18.7. The van der Waals surface area contributed by atoms with Crippen molar-refractivity contribution >= 4 is 10.8 Å². The average Bonchev–Trinajstić information content (AvgIpc) is 3.48. The monoisotopic (exact) mass is 421 g/mol. The molecule has 0 amide bonds. The highest BCUT2D eigenvalue weighted by Gasteiger charge is 2.15. The first-order valence-electron chi connectivity index (χ1n) is 11.0. The number of hydrogen-bond acceptors (Lipinski definition) is 3. The van der Waals surface area contributed by atoms with Crippen molar-refractivity contribution in [3.63, 3.8) is 0 Å². The van der Waals surface area contributed by atoms with Gasteiger partial charge >= 0.3 is 0 Å². The Morgan fingerprint density at radius 1 is 0.938 bits per heavy atom. The fourth-order valence-corrected chi connectivity index (χ4v) is 4.30. The highest BCUT2D eigenvalue weighted by molar-refractivity contribution is 5.90. The molecule has 1 N–H and O–H groups in total. The first-order valence-corrected chi connectivity index (χ1v) is 11.0. The van der Waals surface area contributed by atoms with E-state index in [-0.39, 0.29) is 6.04 Å². The van der Waals surface area contributed by atoms with Gasteiger partial charge in [-0.2, -0.15) is 10.2 Å². The lowest BCUT2D eigenvalue weighted by molar-refractivity contribution is 0.570. The van der Waals surface area contributed by atoms with Gasteiger partial charge in [0.1, 0.15) is 0 Å². The summed E-state index contributed by atoms with van der Waals surface area (Å²) < 4.78 is 3.94. The van der Waals surface area contributed by atoms with Crippen molar-refractivity contribution in [2.24, 2.45) is 0 Å². The Balaban J connectivity index is 1.35. The van der Waals surface area contributed by atoms with E-state index in [1.54, 1.807) is 6.20 Å². The van der Waals surface area contributed by atoms with Gasteiger partial charge in [0.2, 0.25) is 0 Å². The lowest BCUT2D eigenvalue weighted by atomic mass is 10.1. The van der Waals surface area contributed by atoms with Crippen LogP contribution in [0.25, 0.3) is 22.1 Å². The number of nitrogens with one attached hydrogen (secondary N) is 1. The number of fused-ring (bicyclic) bond motifs is 1. The number of nitrogens with zero attached hydrogens (tertiary/aromatic N) is 4. The van der Waals surface area contributed by atoms with E-state index in [1.165, 1.54) is 27.5 Å². The minimum absolute atomic E-state index is 0.184. The molecule has 0 fully saturated rings. The zero-order chi connectivity index (χ0) is 22.1. The number of benzene rings is 3. The van der Waals surface area contributed by atoms with Crippen molar-refractivity contribution < 1.29 is 0 Å². The van der Waals surface area contributed by atoms with Gasteiger partial charge in [-0.1, -0.05) is 42.5 Å². The van der Waals surface area contributed by atoms with Gasteiger partial charge in [-0.15, -0.1) is 0 Å². The average molecular weight is 422 g/mol. The van der Waals surface area contributed by atoms with Crippen LogP contribution in [0.3, 0.4) is 0 Å². The quantitative estimate of drug-likeness (QED) is 0.384. The molecular formula is C27H27N5. The smallest absolute Gasteiger partial charge is 0.0727 e. The lowest BCUT2D eigenvalue weighted by Gasteiger charge is -2.16. The molecule has 0 spiro atoms. The first-order chi connectivity index (χ1) is 15.6. The number of hydrogen-bond donors (Lipinski definition) is 1. The van der Waals surface area contributed by atoms with Crippen LogP contribution in [-0.4, -0.2) is 19.6 Å². The summed E-state index contributed by atoms with van der Waals surface area (Å²) >= 11 is 0. The molecule has 5 heteroatoms. The topological polar surface area (TPSA) is 47.7 Å². The molecule has 5 rings (SSSR count). The van der Waals surface area contributed by atoms with Gasteiger partial charge in [0.05, 0.1) is 17.6 Å². The third-order valence-electron chi connectivity index (χ3n) is 6.20. The van der Waals surface area contributed by atoms with Crippen LogP contribution in [-0.2, 0) is 6.54 Å². The molecule has 0 saturated carbocycles. The van der Waals surface area contributed by atoms with E-state index >= 15 is 0 Å². The molecule has 32 heavy (non-hydrogen) atoms. The molecule has 0 aliphatic carbocycles. The summed E-state index contributed by atoms with van der Waals surface area (Å²) in [5, 5.41) is 15.2. The molecule has 2 heterocycles. The SMILES string of the molecule is Cc1cc(-n2cccn2)ccc1CN[C@H](C)c1cnn(-c2cccc3ccccc23)c1C. The van der Waals surface area contributed by atoms with Gasteiger partial charge in [-0.05, 0) is 61.5 Å². The highest BCUT2D eigenvalue weighted by Crippen LogP contribution is 2.26. The van der Waals surface area contributed by atoms with Crippen molar-refractivity contribution in [3.8, 4) is 11.4 Å². The normalized spacial score (nSPS) is 12.3. The molecule has 0 radical (unpaired) electrons. The van der Waals surface area contributed by atoms with E-state index in [9.17, 15) is 0 Å².